The van der Waals surface area contributed by atoms with Gasteiger partial charge in [-0.25, -0.2) is 5.43 Å². The molecule has 19 heavy (non-hydrogen) atoms. The molecule has 2 unspecified atom stereocenters. The van der Waals surface area contributed by atoms with Crippen LogP contribution in [0.3, 0.4) is 0 Å². The predicted octanol–water partition coefficient (Wildman–Crippen LogP) is 0.234. The minimum atomic E-state index is -0.273. The van der Waals surface area contributed by atoms with Crippen LogP contribution < -0.4 is 21.0 Å². The lowest BCUT2D eigenvalue weighted by molar-refractivity contribution is -0.126. The van der Waals surface area contributed by atoms with Gasteiger partial charge in [0.1, 0.15) is 11.8 Å². The van der Waals surface area contributed by atoms with Crippen LogP contribution >= 0.6 is 12.2 Å². The van der Waals surface area contributed by atoms with E-state index in [0.717, 1.165) is 11.3 Å². The van der Waals surface area contributed by atoms with Gasteiger partial charge in [-0.3, -0.25) is 20.7 Å². The summed E-state index contributed by atoms with van der Waals surface area (Å²) in [6.45, 7) is 0. The van der Waals surface area contributed by atoms with E-state index >= 15 is 0 Å². The van der Waals surface area contributed by atoms with E-state index < -0.39 is 0 Å². The number of amides is 1. The quantitative estimate of drug-likeness (QED) is 0.673. The smallest absolute Gasteiger partial charge is 0.262 e. The third kappa shape index (κ3) is 2.11. The maximum atomic E-state index is 11.8. The van der Waals surface area contributed by atoms with Crippen LogP contribution in [0.25, 0.3) is 0 Å². The SMILES string of the molecule is COc1cccc(C2CC3C(=O)NNC(=S)N3N2)c1. The number of nitrogens with one attached hydrogen (secondary N) is 3. The molecule has 7 heteroatoms. The van der Waals surface area contributed by atoms with Crippen molar-refractivity contribution in [2.45, 2.75) is 18.5 Å². The highest BCUT2D eigenvalue weighted by molar-refractivity contribution is 7.80. The largest absolute Gasteiger partial charge is 0.497 e. The lowest BCUT2D eigenvalue weighted by atomic mass is 10.0. The average molecular weight is 278 g/mol. The molecule has 0 saturated carbocycles. The van der Waals surface area contributed by atoms with E-state index in [9.17, 15) is 4.79 Å². The van der Waals surface area contributed by atoms with Crippen molar-refractivity contribution in [1.82, 2.24) is 21.3 Å². The van der Waals surface area contributed by atoms with E-state index in [-0.39, 0.29) is 18.0 Å². The van der Waals surface area contributed by atoms with Crippen LogP contribution in [0.4, 0.5) is 0 Å². The summed E-state index contributed by atoms with van der Waals surface area (Å²) in [4.78, 5) is 11.8. The molecule has 1 aromatic rings. The van der Waals surface area contributed by atoms with Gasteiger partial charge >= 0.3 is 0 Å². The molecule has 2 heterocycles. The number of methoxy groups -OCH3 is 1. The Hall–Kier alpha value is -1.86. The van der Waals surface area contributed by atoms with Crippen molar-refractivity contribution < 1.29 is 9.53 Å². The molecule has 0 aromatic heterocycles. The summed E-state index contributed by atoms with van der Waals surface area (Å²) in [5, 5.41) is 2.19. The first-order valence-electron chi connectivity index (χ1n) is 5.98. The van der Waals surface area contributed by atoms with Crippen molar-refractivity contribution in [3.63, 3.8) is 0 Å². The highest BCUT2D eigenvalue weighted by atomic mass is 32.1. The Bertz CT molecular complexity index is 512. The monoisotopic (exact) mass is 278 g/mol. The van der Waals surface area contributed by atoms with Gasteiger partial charge in [0.25, 0.3) is 5.91 Å². The number of thiocarbonyl (C=S) groups is 1. The van der Waals surface area contributed by atoms with Crippen molar-refractivity contribution in [2.24, 2.45) is 0 Å². The molecule has 0 radical (unpaired) electrons. The van der Waals surface area contributed by atoms with Gasteiger partial charge in [-0.1, -0.05) is 12.1 Å². The Morgan fingerprint density at radius 2 is 2.26 bits per heavy atom. The number of rotatable bonds is 2. The van der Waals surface area contributed by atoms with E-state index in [1.165, 1.54) is 0 Å². The van der Waals surface area contributed by atoms with Gasteiger partial charge in [0.05, 0.1) is 13.2 Å². The lowest BCUT2D eigenvalue weighted by Gasteiger charge is -2.31. The highest BCUT2D eigenvalue weighted by Crippen LogP contribution is 2.30. The van der Waals surface area contributed by atoms with Crippen LogP contribution in [0.2, 0.25) is 0 Å². The van der Waals surface area contributed by atoms with Crippen LogP contribution in [0.5, 0.6) is 5.75 Å². The summed E-state index contributed by atoms with van der Waals surface area (Å²) in [5.41, 5.74) is 9.56. The van der Waals surface area contributed by atoms with Gasteiger partial charge in [-0.15, -0.1) is 0 Å². The Labute approximate surface area is 116 Å². The Morgan fingerprint density at radius 1 is 1.42 bits per heavy atom. The fourth-order valence-electron chi connectivity index (χ4n) is 2.39. The fraction of sp³-hybridized carbons (Fsp3) is 0.333. The number of benzene rings is 1. The van der Waals surface area contributed by atoms with Crippen LogP contribution in [-0.2, 0) is 4.79 Å². The summed E-state index contributed by atoms with van der Waals surface area (Å²) in [6.07, 6.45) is 0.667. The number of carbonyl (C=O) groups excluding carboxylic acids is 1. The molecule has 1 aromatic carbocycles. The van der Waals surface area contributed by atoms with Crippen molar-refractivity contribution in [2.75, 3.05) is 7.11 Å². The molecule has 100 valence electrons. The minimum absolute atomic E-state index is 0.0451. The minimum Gasteiger partial charge on any atom is -0.497 e. The maximum absolute atomic E-state index is 11.8. The van der Waals surface area contributed by atoms with E-state index in [1.54, 1.807) is 12.1 Å². The van der Waals surface area contributed by atoms with E-state index in [2.05, 4.69) is 16.3 Å². The first kappa shape index (κ1) is 12.2. The molecule has 6 nitrogen and oxygen atoms in total. The number of fused-ring (bicyclic) bond motifs is 1. The molecule has 3 N–H and O–H groups in total. The van der Waals surface area contributed by atoms with Gasteiger partial charge in [-0.2, -0.15) is 0 Å². The van der Waals surface area contributed by atoms with E-state index in [1.807, 2.05) is 24.3 Å². The van der Waals surface area contributed by atoms with Crippen molar-refractivity contribution in [3.05, 3.63) is 29.8 Å². The molecular weight excluding hydrogens is 264 g/mol. The number of hydrogen-bond acceptors (Lipinski definition) is 4. The zero-order chi connectivity index (χ0) is 13.4. The summed E-state index contributed by atoms with van der Waals surface area (Å²) in [6, 6.07) is 7.57. The Balaban J connectivity index is 1.84. The lowest BCUT2D eigenvalue weighted by Crippen LogP contribution is -2.63. The standard InChI is InChI=1S/C12H14N4O2S/c1-18-8-4-2-3-7(5-8)9-6-10-11(17)13-14-12(19)16(10)15-9/h2-5,9-10,15H,6H2,1H3,(H,13,17)(H,14,19). The molecular formula is C12H14N4O2S. The molecule has 2 aliphatic heterocycles. The Morgan fingerprint density at radius 3 is 3.00 bits per heavy atom. The summed E-state index contributed by atoms with van der Waals surface area (Å²) < 4.78 is 5.22. The van der Waals surface area contributed by atoms with Crippen LogP contribution in [0.1, 0.15) is 18.0 Å². The summed E-state index contributed by atoms with van der Waals surface area (Å²) in [7, 11) is 1.64. The first-order valence-corrected chi connectivity index (χ1v) is 6.39. The van der Waals surface area contributed by atoms with Crippen LogP contribution in [-0.4, -0.2) is 29.2 Å². The number of hydrogen-bond donors (Lipinski definition) is 3. The second kappa shape index (κ2) is 4.67. The average Bonchev–Trinajstić information content (AvgIpc) is 2.89. The molecule has 3 rings (SSSR count). The molecule has 0 bridgehead atoms. The first-order chi connectivity index (χ1) is 9.19. The summed E-state index contributed by atoms with van der Waals surface area (Å²) in [5.74, 6) is 0.723. The van der Waals surface area contributed by atoms with E-state index in [4.69, 9.17) is 17.0 Å². The van der Waals surface area contributed by atoms with E-state index in [0.29, 0.717) is 11.5 Å². The maximum Gasteiger partial charge on any atom is 0.262 e. The molecule has 2 atom stereocenters. The number of nitrogens with zero attached hydrogens (tertiary/aromatic N) is 1. The fourth-order valence-corrected chi connectivity index (χ4v) is 2.62. The highest BCUT2D eigenvalue weighted by Gasteiger charge is 2.41. The normalized spacial score (nSPS) is 25.6. The number of hydrazine groups is 2. The van der Waals surface area contributed by atoms with Gasteiger partial charge in [0.2, 0.25) is 5.11 Å². The van der Waals surface area contributed by atoms with Crippen molar-refractivity contribution in [3.8, 4) is 5.75 Å². The molecule has 0 spiro atoms. The summed E-state index contributed by atoms with van der Waals surface area (Å²) >= 11 is 5.16. The molecule has 1 amide bonds. The van der Waals surface area contributed by atoms with Gasteiger partial charge in [-0.05, 0) is 36.3 Å². The Kier molecular flexibility index (Phi) is 3.00. The molecule has 2 saturated heterocycles. The van der Waals surface area contributed by atoms with Gasteiger partial charge in [0, 0.05) is 0 Å². The predicted molar refractivity (Wildman–Crippen MR) is 73.0 cm³/mol. The van der Waals surface area contributed by atoms with Crippen LogP contribution in [0.15, 0.2) is 24.3 Å². The number of carbonyl (C=O) groups is 1. The molecule has 2 fully saturated rings. The zero-order valence-corrected chi connectivity index (χ0v) is 11.2. The van der Waals surface area contributed by atoms with Crippen molar-refractivity contribution in [1.29, 1.82) is 0 Å². The second-order valence-corrected chi connectivity index (χ2v) is 4.89. The third-order valence-corrected chi connectivity index (χ3v) is 3.67. The topological polar surface area (TPSA) is 65.6 Å². The third-order valence-electron chi connectivity index (χ3n) is 3.38. The molecule has 0 aliphatic carbocycles. The van der Waals surface area contributed by atoms with Gasteiger partial charge < -0.3 is 4.74 Å². The second-order valence-electron chi connectivity index (χ2n) is 4.50. The van der Waals surface area contributed by atoms with Crippen molar-refractivity contribution >= 4 is 23.2 Å². The zero-order valence-electron chi connectivity index (χ0n) is 10.3. The number of ether oxygens (including phenoxy) is 1. The van der Waals surface area contributed by atoms with Crippen LogP contribution in [0, 0.1) is 0 Å². The van der Waals surface area contributed by atoms with Gasteiger partial charge in [0.15, 0.2) is 0 Å². The molecule has 2 aliphatic rings.